The molecule has 1 N–H and O–H groups in total. The summed E-state index contributed by atoms with van der Waals surface area (Å²) in [6, 6.07) is 2.99. The molecular formula is C11H19N3O3. The highest BCUT2D eigenvalue weighted by Crippen LogP contribution is 2.15. The quantitative estimate of drug-likeness (QED) is 0.605. The van der Waals surface area contributed by atoms with Crippen molar-refractivity contribution in [1.29, 1.82) is 0 Å². The molecule has 0 aromatic carbocycles. The molecule has 0 radical (unpaired) electrons. The predicted octanol–water partition coefficient (Wildman–Crippen LogP) is 1.62. The minimum absolute atomic E-state index is 0.0263. The maximum Gasteiger partial charge on any atom is 0.433 e. The number of rotatable bonds is 6. The minimum Gasteiger partial charge on any atom is -0.404 e. The molecular weight excluding hydrogens is 222 g/mol. The second-order valence-electron chi connectivity index (χ2n) is 4.81. The SMILES string of the molecule is CN(C)C(C)(C)CNCc1ccc([N+](=O)[O-])o1. The molecule has 0 bridgehead atoms. The highest BCUT2D eigenvalue weighted by Gasteiger charge is 2.20. The Balaban J connectivity index is 2.43. The van der Waals surface area contributed by atoms with Gasteiger partial charge in [0.15, 0.2) is 0 Å². The zero-order chi connectivity index (χ0) is 13.1. The smallest absolute Gasteiger partial charge is 0.404 e. The summed E-state index contributed by atoms with van der Waals surface area (Å²) in [5, 5.41) is 13.6. The van der Waals surface area contributed by atoms with E-state index >= 15 is 0 Å². The molecule has 0 atom stereocenters. The van der Waals surface area contributed by atoms with Gasteiger partial charge in [-0.2, -0.15) is 0 Å². The van der Waals surface area contributed by atoms with Crippen LogP contribution in [0.1, 0.15) is 19.6 Å². The average molecular weight is 241 g/mol. The van der Waals surface area contributed by atoms with E-state index < -0.39 is 4.92 Å². The highest BCUT2D eigenvalue weighted by atomic mass is 16.6. The van der Waals surface area contributed by atoms with Crippen LogP contribution in [0.3, 0.4) is 0 Å². The molecule has 1 heterocycles. The van der Waals surface area contributed by atoms with Crippen molar-refractivity contribution in [3.8, 4) is 0 Å². The van der Waals surface area contributed by atoms with Crippen molar-refractivity contribution in [1.82, 2.24) is 10.2 Å². The number of hydrogen-bond acceptors (Lipinski definition) is 5. The van der Waals surface area contributed by atoms with Crippen LogP contribution >= 0.6 is 0 Å². The van der Waals surface area contributed by atoms with Gasteiger partial charge < -0.3 is 14.6 Å². The van der Waals surface area contributed by atoms with Crippen molar-refractivity contribution >= 4 is 5.88 Å². The van der Waals surface area contributed by atoms with E-state index in [2.05, 4.69) is 24.1 Å². The van der Waals surface area contributed by atoms with E-state index in [-0.39, 0.29) is 11.4 Å². The first kappa shape index (κ1) is 13.7. The Bertz CT molecular complexity index is 385. The van der Waals surface area contributed by atoms with Crippen LogP contribution in [0.4, 0.5) is 5.88 Å². The van der Waals surface area contributed by atoms with E-state index in [1.54, 1.807) is 6.07 Å². The molecule has 1 aromatic heterocycles. The van der Waals surface area contributed by atoms with Gasteiger partial charge in [0.05, 0.1) is 12.6 Å². The summed E-state index contributed by atoms with van der Waals surface area (Å²) in [4.78, 5) is 12.0. The second kappa shape index (κ2) is 5.29. The van der Waals surface area contributed by atoms with Gasteiger partial charge in [-0.15, -0.1) is 0 Å². The van der Waals surface area contributed by atoms with Crippen LogP contribution in [0.5, 0.6) is 0 Å². The average Bonchev–Trinajstić information content (AvgIpc) is 2.66. The summed E-state index contributed by atoms with van der Waals surface area (Å²) in [6.07, 6.45) is 0. The maximum atomic E-state index is 10.4. The van der Waals surface area contributed by atoms with E-state index in [0.29, 0.717) is 12.3 Å². The zero-order valence-electron chi connectivity index (χ0n) is 10.7. The summed E-state index contributed by atoms with van der Waals surface area (Å²) in [5.41, 5.74) is 0.0263. The summed E-state index contributed by atoms with van der Waals surface area (Å²) in [6.45, 7) is 5.49. The van der Waals surface area contributed by atoms with Gasteiger partial charge in [0.25, 0.3) is 0 Å². The topological polar surface area (TPSA) is 71.5 Å². The largest absolute Gasteiger partial charge is 0.433 e. The molecule has 0 saturated carbocycles. The van der Waals surface area contributed by atoms with Crippen LogP contribution in [0, 0.1) is 10.1 Å². The third-order valence-electron chi connectivity index (χ3n) is 2.89. The van der Waals surface area contributed by atoms with Gasteiger partial charge in [-0.25, -0.2) is 0 Å². The normalized spacial score (nSPS) is 12.1. The maximum absolute atomic E-state index is 10.4. The molecule has 0 aliphatic carbocycles. The lowest BCUT2D eigenvalue weighted by atomic mass is 10.0. The Hall–Kier alpha value is -1.40. The van der Waals surface area contributed by atoms with E-state index in [4.69, 9.17) is 4.42 Å². The summed E-state index contributed by atoms with van der Waals surface area (Å²) in [5.74, 6) is 0.361. The Labute approximate surface area is 101 Å². The zero-order valence-corrected chi connectivity index (χ0v) is 10.7. The summed E-state index contributed by atoms with van der Waals surface area (Å²) >= 11 is 0. The van der Waals surface area contributed by atoms with Crippen molar-refractivity contribution in [3.63, 3.8) is 0 Å². The van der Waals surface area contributed by atoms with Crippen LogP contribution in [-0.2, 0) is 6.54 Å². The molecule has 17 heavy (non-hydrogen) atoms. The summed E-state index contributed by atoms with van der Waals surface area (Å²) in [7, 11) is 4.03. The molecule has 0 aliphatic rings. The van der Waals surface area contributed by atoms with Crippen LogP contribution in [-0.4, -0.2) is 36.0 Å². The standard InChI is InChI=1S/C11H19N3O3/c1-11(2,13(3)4)8-12-7-9-5-6-10(17-9)14(15)16/h5-6,12H,7-8H2,1-4H3. The first-order valence-electron chi connectivity index (χ1n) is 5.44. The molecule has 96 valence electrons. The Morgan fingerprint density at radius 2 is 2.12 bits per heavy atom. The lowest BCUT2D eigenvalue weighted by molar-refractivity contribution is -0.402. The number of likely N-dealkylation sites (N-methyl/N-ethyl adjacent to an activating group) is 1. The first-order valence-corrected chi connectivity index (χ1v) is 5.44. The monoisotopic (exact) mass is 241 g/mol. The highest BCUT2D eigenvalue weighted by molar-refractivity contribution is 5.17. The van der Waals surface area contributed by atoms with Crippen molar-refractivity contribution in [2.24, 2.45) is 0 Å². The fourth-order valence-electron chi connectivity index (χ4n) is 1.21. The molecule has 1 rings (SSSR count). The minimum atomic E-state index is -0.534. The summed E-state index contributed by atoms with van der Waals surface area (Å²) < 4.78 is 5.05. The Morgan fingerprint density at radius 3 is 2.59 bits per heavy atom. The molecule has 6 heteroatoms. The third kappa shape index (κ3) is 3.83. The molecule has 0 fully saturated rings. The fourth-order valence-corrected chi connectivity index (χ4v) is 1.21. The number of nitrogens with one attached hydrogen (secondary N) is 1. The number of nitro groups is 1. The third-order valence-corrected chi connectivity index (χ3v) is 2.89. The van der Waals surface area contributed by atoms with Crippen LogP contribution in [0.2, 0.25) is 0 Å². The molecule has 0 aliphatic heterocycles. The molecule has 1 aromatic rings. The molecule has 0 amide bonds. The molecule has 0 saturated heterocycles. The predicted molar refractivity (Wildman–Crippen MR) is 64.8 cm³/mol. The van der Waals surface area contributed by atoms with Crippen LogP contribution < -0.4 is 5.32 Å². The lowest BCUT2D eigenvalue weighted by Crippen LogP contribution is -2.46. The van der Waals surface area contributed by atoms with Crippen molar-refractivity contribution in [3.05, 3.63) is 28.0 Å². The van der Waals surface area contributed by atoms with Gasteiger partial charge in [-0.1, -0.05) is 0 Å². The van der Waals surface area contributed by atoms with Gasteiger partial charge in [0, 0.05) is 12.1 Å². The number of furan rings is 1. The number of hydrogen-bond donors (Lipinski definition) is 1. The molecule has 6 nitrogen and oxygen atoms in total. The first-order chi connectivity index (χ1) is 7.83. The van der Waals surface area contributed by atoms with E-state index in [1.807, 2.05) is 14.1 Å². The van der Waals surface area contributed by atoms with Gasteiger partial charge in [0.2, 0.25) is 0 Å². The van der Waals surface area contributed by atoms with Gasteiger partial charge >= 0.3 is 5.88 Å². The van der Waals surface area contributed by atoms with Crippen molar-refractivity contribution in [2.45, 2.75) is 25.9 Å². The molecule has 0 spiro atoms. The van der Waals surface area contributed by atoms with E-state index in [0.717, 1.165) is 6.54 Å². The fraction of sp³-hybridized carbons (Fsp3) is 0.636. The van der Waals surface area contributed by atoms with Gasteiger partial charge in [0.1, 0.15) is 10.7 Å². The van der Waals surface area contributed by atoms with Crippen LogP contribution in [0.15, 0.2) is 16.5 Å². The van der Waals surface area contributed by atoms with Crippen LogP contribution in [0.25, 0.3) is 0 Å². The van der Waals surface area contributed by atoms with Gasteiger partial charge in [-0.05, 0) is 34.0 Å². The van der Waals surface area contributed by atoms with Gasteiger partial charge in [-0.3, -0.25) is 10.1 Å². The van der Waals surface area contributed by atoms with E-state index in [9.17, 15) is 10.1 Å². The Kier molecular flexibility index (Phi) is 4.25. The Morgan fingerprint density at radius 1 is 1.47 bits per heavy atom. The van der Waals surface area contributed by atoms with E-state index in [1.165, 1.54) is 6.07 Å². The number of nitrogens with zero attached hydrogens (tertiary/aromatic N) is 2. The van der Waals surface area contributed by atoms with Crippen molar-refractivity contribution < 1.29 is 9.34 Å². The second-order valence-corrected chi connectivity index (χ2v) is 4.81. The van der Waals surface area contributed by atoms with Crippen molar-refractivity contribution in [2.75, 3.05) is 20.6 Å². The molecule has 0 unspecified atom stereocenters. The lowest BCUT2D eigenvalue weighted by Gasteiger charge is -2.32.